The lowest BCUT2D eigenvalue weighted by molar-refractivity contribution is -0.162. The van der Waals surface area contributed by atoms with E-state index >= 15 is 0 Å². The fourth-order valence-electron chi connectivity index (χ4n) is 4.88. The Bertz CT molecular complexity index is 486. The molecule has 0 amide bonds. The van der Waals surface area contributed by atoms with Crippen LogP contribution in [0.5, 0.6) is 0 Å². The van der Waals surface area contributed by atoms with E-state index in [1.807, 2.05) is 13.8 Å². The molecule has 0 heterocycles. The lowest BCUT2D eigenvalue weighted by Gasteiger charge is -2.34. The van der Waals surface area contributed by atoms with Crippen LogP contribution >= 0.6 is 0 Å². The fraction of sp³-hybridized carbons (Fsp3) is 0.810. The zero-order chi connectivity index (χ0) is 18.7. The second-order valence-corrected chi connectivity index (χ2v) is 8.06. The molecule has 0 saturated heterocycles. The first-order valence-corrected chi connectivity index (χ1v) is 9.92. The Morgan fingerprint density at radius 2 is 1.20 bits per heavy atom. The van der Waals surface area contributed by atoms with E-state index in [1.165, 1.54) is 11.1 Å². The molecule has 2 rings (SSSR count). The number of hydrogen-bond donors (Lipinski definition) is 0. The van der Waals surface area contributed by atoms with Gasteiger partial charge >= 0.3 is 11.9 Å². The summed E-state index contributed by atoms with van der Waals surface area (Å²) in [6, 6.07) is 0. The van der Waals surface area contributed by atoms with Crippen molar-refractivity contribution in [3.8, 4) is 0 Å². The minimum absolute atomic E-state index is 0.130. The lowest BCUT2D eigenvalue weighted by atomic mass is 9.70. The predicted molar refractivity (Wildman–Crippen MR) is 97.8 cm³/mol. The number of allylic oxidation sites excluding steroid dienone is 2. The maximum atomic E-state index is 12.8. The van der Waals surface area contributed by atoms with Crippen LogP contribution in [0.25, 0.3) is 0 Å². The molecule has 0 aromatic heterocycles. The minimum atomic E-state index is -0.374. The molecular weight excluding hydrogens is 316 g/mol. The molecule has 4 heteroatoms. The van der Waals surface area contributed by atoms with Crippen LogP contribution in [0.2, 0.25) is 0 Å². The smallest absolute Gasteiger partial charge is 0.310 e. The summed E-state index contributed by atoms with van der Waals surface area (Å²) in [7, 11) is 0. The van der Waals surface area contributed by atoms with Gasteiger partial charge in [0.15, 0.2) is 0 Å². The van der Waals surface area contributed by atoms with Crippen LogP contribution in [0.4, 0.5) is 0 Å². The number of rotatable bonds is 8. The van der Waals surface area contributed by atoms with E-state index in [4.69, 9.17) is 9.47 Å². The van der Waals surface area contributed by atoms with Gasteiger partial charge in [-0.25, -0.2) is 0 Å². The third kappa shape index (κ3) is 3.78. The van der Waals surface area contributed by atoms with Crippen molar-refractivity contribution < 1.29 is 19.1 Å². The summed E-state index contributed by atoms with van der Waals surface area (Å²) < 4.78 is 10.9. The Labute approximate surface area is 152 Å². The fourth-order valence-corrected chi connectivity index (χ4v) is 4.88. The molecule has 0 spiro atoms. The van der Waals surface area contributed by atoms with Gasteiger partial charge in [0.25, 0.3) is 0 Å². The first-order valence-electron chi connectivity index (χ1n) is 9.92. The summed E-state index contributed by atoms with van der Waals surface area (Å²) in [5.74, 6) is -0.135. The van der Waals surface area contributed by atoms with Crippen molar-refractivity contribution in [3.05, 3.63) is 11.1 Å². The Kier molecular flexibility index (Phi) is 6.70. The van der Waals surface area contributed by atoms with Gasteiger partial charge in [-0.1, -0.05) is 52.7 Å². The summed E-state index contributed by atoms with van der Waals surface area (Å²) in [4.78, 5) is 25.5. The Morgan fingerprint density at radius 3 is 1.48 bits per heavy atom. The van der Waals surface area contributed by atoms with Crippen LogP contribution in [-0.2, 0) is 19.1 Å². The van der Waals surface area contributed by atoms with Crippen molar-refractivity contribution in [1.82, 2.24) is 0 Å². The lowest BCUT2D eigenvalue weighted by Crippen LogP contribution is -2.39. The van der Waals surface area contributed by atoms with Crippen LogP contribution in [0.15, 0.2) is 11.1 Å². The molecule has 2 bridgehead atoms. The predicted octanol–water partition coefficient (Wildman–Crippen LogP) is 4.38. The van der Waals surface area contributed by atoms with Gasteiger partial charge in [-0.3, -0.25) is 9.59 Å². The number of esters is 2. The van der Waals surface area contributed by atoms with E-state index in [0.29, 0.717) is 25.0 Å². The highest BCUT2D eigenvalue weighted by Crippen LogP contribution is 2.59. The summed E-state index contributed by atoms with van der Waals surface area (Å²) in [5, 5.41) is 0. The van der Waals surface area contributed by atoms with Crippen LogP contribution in [0.1, 0.15) is 60.8 Å². The van der Waals surface area contributed by atoms with Crippen molar-refractivity contribution >= 4 is 11.9 Å². The van der Waals surface area contributed by atoms with Gasteiger partial charge in [0.05, 0.1) is 25.0 Å². The Hall–Kier alpha value is -1.32. The van der Waals surface area contributed by atoms with Gasteiger partial charge in [0, 0.05) is 0 Å². The average Bonchev–Trinajstić information content (AvgIpc) is 3.13. The van der Waals surface area contributed by atoms with Crippen molar-refractivity contribution in [2.75, 3.05) is 13.2 Å². The third-order valence-corrected chi connectivity index (χ3v) is 5.58. The van der Waals surface area contributed by atoms with E-state index in [-0.39, 0.29) is 35.6 Å². The monoisotopic (exact) mass is 350 g/mol. The topological polar surface area (TPSA) is 52.6 Å². The molecule has 1 fully saturated rings. The molecule has 0 radical (unpaired) electrons. The molecule has 4 unspecified atom stereocenters. The molecule has 4 nitrogen and oxygen atoms in total. The first-order chi connectivity index (χ1) is 11.8. The van der Waals surface area contributed by atoms with E-state index < -0.39 is 0 Å². The van der Waals surface area contributed by atoms with Gasteiger partial charge in [0.1, 0.15) is 0 Å². The van der Waals surface area contributed by atoms with Crippen molar-refractivity contribution in [2.24, 2.45) is 35.5 Å². The quantitative estimate of drug-likeness (QED) is 0.481. The molecule has 0 N–H and O–H groups in total. The van der Waals surface area contributed by atoms with E-state index in [1.54, 1.807) is 0 Å². The molecule has 2 aliphatic rings. The minimum Gasteiger partial charge on any atom is -0.465 e. The number of carbonyl (C=O) groups excluding carboxylic acids is 2. The Morgan fingerprint density at radius 1 is 0.840 bits per heavy atom. The molecule has 25 heavy (non-hydrogen) atoms. The maximum absolute atomic E-state index is 12.8. The van der Waals surface area contributed by atoms with Crippen LogP contribution in [0, 0.1) is 35.5 Å². The normalized spacial score (nSPS) is 28.2. The van der Waals surface area contributed by atoms with Crippen molar-refractivity contribution in [3.63, 3.8) is 0 Å². The maximum Gasteiger partial charge on any atom is 0.310 e. The van der Waals surface area contributed by atoms with E-state index in [2.05, 4.69) is 27.7 Å². The van der Waals surface area contributed by atoms with Gasteiger partial charge < -0.3 is 9.47 Å². The van der Waals surface area contributed by atoms with E-state index in [9.17, 15) is 9.59 Å². The molecule has 0 aromatic rings. The zero-order valence-corrected chi connectivity index (χ0v) is 16.6. The van der Waals surface area contributed by atoms with Crippen LogP contribution in [0.3, 0.4) is 0 Å². The Balaban J connectivity index is 2.38. The standard InChI is InChI=1S/C21H34O4/c1-7-9-24-20(22)18-14-11-15(19(18)21(23)25-10-8-2)17(13(5)6)16(14)12(3)4/h12-15,18-19H,7-11H2,1-6H3. The molecule has 1 saturated carbocycles. The van der Waals surface area contributed by atoms with Gasteiger partial charge in [-0.2, -0.15) is 0 Å². The largest absolute Gasteiger partial charge is 0.465 e. The zero-order valence-electron chi connectivity index (χ0n) is 16.6. The van der Waals surface area contributed by atoms with Crippen LogP contribution < -0.4 is 0 Å². The molecular formula is C21H34O4. The number of ether oxygens (including phenoxy) is 2. The second-order valence-electron chi connectivity index (χ2n) is 8.06. The number of fused-ring (bicyclic) bond motifs is 2. The number of carbonyl (C=O) groups is 2. The average molecular weight is 350 g/mol. The molecule has 0 aliphatic heterocycles. The van der Waals surface area contributed by atoms with Crippen LogP contribution in [-0.4, -0.2) is 25.2 Å². The van der Waals surface area contributed by atoms with Gasteiger partial charge in [-0.15, -0.1) is 0 Å². The summed E-state index contributed by atoms with van der Waals surface area (Å²) in [6.45, 7) is 13.6. The van der Waals surface area contributed by atoms with Gasteiger partial charge in [-0.05, 0) is 42.9 Å². The molecule has 2 aliphatic carbocycles. The summed E-state index contributed by atoms with van der Waals surface area (Å²) in [6.07, 6.45) is 2.47. The summed E-state index contributed by atoms with van der Waals surface area (Å²) >= 11 is 0. The third-order valence-electron chi connectivity index (χ3n) is 5.58. The molecule has 0 aromatic carbocycles. The van der Waals surface area contributed by atoms with Gasteiger partial charge in [0.2, 0.25) is 0 Å². The molecule has 142 valence electrons. The van der Waals surface area contributed by atoms with E-state index in [0.717, 1.165) is 19.3 Å². The van der Waals surface area contributed by atoms with Crippen molar-refractivity contribution in [1.29, 1.82) is 0 Å². The SMILES string of the molecule is CCCOC(=O)C1C2CC(C(C(C)C)=C2C(C)C)C1C(=O)OCCC. The molecule has 4 atom stereocenters. The first kappa shape index (κ1) is 20.0. The highest BCUT2D eigenvalue weighted by Gasteiger charge is 2.59. The van der Waals surface area contributed by atoms with Crippen molar-refractivity contribution in [2.45, 2.75) is 60.8 Å². The summed E-state index contributed by atoms with van der Waals surface area (Å²) in [5.41, 5.74) is 2.77. The highest BCUT2D eigenvalue weighted by molar-refractivity contribution is 5.85. The number of hydrogen-bond acceptors (Lipinski definition) is 4. The second kappa shape index (κ2) is 8.37. The highest BCUT2D eigenvalue weighted by atomic mass is 16.5.